The molecule has 1 N–H and O–H groups in total. The van der Waals surface area contributed by atoms with Gasteiger partial charge in [0.25, 0.3) is 0 Å². The molecule has 1 heterocycles. The van der Waals surface area contributed by atoms with Gasteiger partial charge in [0.15, 0.2) is 0 Å². The molecule has 0 radical (unpaired) electrons. The number of benzene rings is 2. The van der Waals surface area contributed by atoms with Crippen molar-refractivity contribution in [2.24, 2.45) is 0 Å². The monoisotopic (exact) mass is 307 g/mol. The van der Waals surface area contributed by atoms with Crippen LogP contribution in [0.4, 0.5) is 5.95 Å². The first-order chi connectivity index (χ1) is 10.9. The maximum Gasteiger partial charge on any atom is 0.222 e. The fraction of sp³-hybridized carbons (Fsp3) is 0.111. The number of hydrogen-bond donors (Lipinski definition) is 1. The molecule has 4 heteroatoms. The summed E-state index contributed by atoms with van der Waals surface area (Å²) < 4.78 is 0. The predicted molar refractivity (Wildman–Crippen MR) is 91.8 cm³/mol. The van der Waals surface area contributed by atoms with Crippen LogP contribution >= 0.6 is 11.8 Å². The Morgan fingerprint density at radius 1 is 0.773 bits per heavy atom. The third kappa shape index (κ3) is 4.33. The van der Waals surface area contributed by atoms with Gasteiger partial charge in [-0.1, -0.05) is 42.5 Å². The number of nitrogens with zero attached hydrogens (tertiary/aromatic N) is 2. The summed E-state index contributed by atoms with van der Waals surface area (Å²) in [5, 5.41) is 3.21. The molecule has 0 bridgehead atoms. The van der Waals surface area contributed by atoms with Gasteiger partial charge >= 0.3 is 0 Å². The highest BCUT2D eigenvalue weighted by molar-refractivity contribution is 7.98. The standard InChI is InChI=1S/C18H17N3S/c1-2-5-17(6-3-1)22-14-16-9-7-15(8-10-16)13-21-18-19-11-4-12-20-18/h1-12H,13-14H2,(H,19,20,21). The van der Waals surface area contributed by atoms with E-state index < -0.39 is 0 Å². The van der Waals surface area contributed by atoms with Crippen molar-refractivity contribution in [1.29, 1.82) is 0 Å². The maximum absolute atomic E-state index is 4.15. The summed E-state index contributed by atoms with van der Waals surface area (Å²) in [6, 6.07) is 20.9. The van der Waals surface area contributed by atoms with Crippen molar-refractivity contribution in [3.8, 4) is 0 Å². The van der Waals surface area contributed by atoms with Crippen LogP contribution in [0.25, 0.3) is 0 Å². The molecule has 0 spiro atoms. The molecule has 3 nitrogen and oxygen atoms in total. The van der Waals surface area contributed by atoms with Gasteiger partial charge in [-0.05, 0) is 29.3 Å². The molecular formula is C18H17N3S. The average molecular weight is 307 g/mol. The highest BCUT2D eigenvalue weighted by Gasteiger charge is 1.98. The van der Waals surface area contributed by atoms with Crippen LogP contribution in [-0.4, -0.2) is 9.97 Å². The molecule has 0 saturated carbocycles. The van der Waals surface area contributed by atoms with Crippen molar-refractivity contribution >= 4 is 17.7 Å². The number of anilines is 1. The molecule has 0 amide bonds. The van der Waals surface area contributed by atoms with E-state index in [9.17, 15) is 0 Å². The highest BCUT2D eigenvalue weighted by atomic mass is 32.2. The Morgan fingerprint density at radius 3 is 2.18 bits per heavy atom. The van der Waals surface area contributed by atoms with E-state index in [0.717, 1.165) is 12.3 Å². The van der Waals surface area contributed by atoms with Crippen molar-refractivity contribution in [3.63, 3.8) is 0 Å². The minimum atomic E-state index is 0.659. The van der Waals surface area contributed by atoms with Crippen LogP contribution < -0.4 is 5.32 Å². The van der Waals surface area contributed by atoms with Gasteiger partial charge in [0.1, 0.15) is 0 Å². The third-order valence-corrected chi connectivity index (χ3v) is 4.27. The third-order valence-electron chi connectivity index (χ3n) is 3.19. The number of aromatic nitrogens is 2. The first-order valence-electron chi connectivity index (χ1n) is 7.17. The lowest BCUT2D eigenvalue weighted by Gasteiger charge is -2.06. The number of thioether (sulfide) groups is 1. The van der Waals surface area contributed by atoms with E-state index in [4.69, 9.17) is 0 Å². The number of nitrogens with one attached hydrogen (secondary N) is 1. The van der Waals surface area contributed by atoms with Crippen molar-refractivity contribution in [3.05, 3.63) is 84.2 Å². The summed E-state index contributed by atoms with van der Waals surface area (Å²) >= 11 is 1.85. The van der Waals surface area contributed by atoms with Gasteiger partial charge in [-0.25, -0.2) is 9.97 Å². The van der Waals surface area contributed by atoms with Crippen LogP contribution in [0.1, 0.15) is 11.1 Å². The largest absolute Gasteiger partial charge is 0.350 e. The Kier molecular flexibility index (Phi) is 5.05. The van der Waals surface area contributed by atoms with Crippen LogP contribution in [0.3, 0.4) is 0 Å². The van der Waals surface area contributed by atoms with E-state index in [1.54, 1.807) is 12.4 Å². The quantitative estimate of drug-likeness (QED) is 0.686. The van der Waals surface area contributed by atoms with Gasteiger partial charge in [0, 0.05) is 29.6 Å². The Labute approximate surface area is 134 Å². The zero-order chi connectivity index (χ0) is 15.0. The second-order valence-electron chi connectivity index (χ2n) is 4.84. The normalized spacial score (nSPS) is 10.4. The Hall–Kier alpha value is -2.33. The molecule has 0 atom stereocenters. The summed E-state index contributed by atoms with van der Waals surface area (Å²) in [5.41, 5.74) is 2.55. The Morgan fingerprint density at radius 2 is 1.45 bits per heavy atom. The van der Waals surface area contributed by atoms with Gasteiger partial charge in [-0.3, -0.25) is 0 Å². The molecule has 0 unspecified atom stereocenters. The summed E-state index contributed by atoms with van der Waals surface area (Å²) in [4.78, 5) is 9.60. The van der Waals surface area contributed by atoms with Gasteiger partial charge in [0.2, 0.25) is 5.95 Å². The molecule has 0 aliphatic heterocycles. The van der Waals surface area contributed by atoms with Crippen molar-refractivity contribution in [1.82, 2.24) is 9.97 Å². The van der Waals surface area contributed by atoms with Crippen molar-refractivity contribution < 1.29 is 0 Å². The summed E-state index contributed by atoms with van der Waals surface area (Å²) in [6.45, 7) is 0.732. The Bertz CT molecular complexity index is 622. The maximum atomic E-state index is 4.15. The van der Waals surface area contributed by atoms with Crippen LogP contribution in [0, 0.1) is 0 Å². The van der Waals surface area contributed by atoms with E-state index in [0.29, 0.717) is 5.95 Å². The molecule has 2 aromatic carbocycles. The van der Waals surface area contributed by atoms with Crippen LogP contribution in [-0.2, 0) is 12.3 Å². The van der Waals surface area contributed by atoms with Crippen LogP contribution in [0.15, 0.2) is 78.0 Å². The summed E-state index contributed by atoms with van der Waals surface area (Å²) in [6.07, 6.45) is 3.47. The van der Waals surface area contributed by atoms with Gasteiger partial charge < -0.3 is 5.32 Å². The molecule has 0 saturated heterocycles. The summed E-state index contributed by atoms with van der Waals surface area (Å²) in [5.74, 6) is 1.64. The average Bonchev–Trinajstić information content (AvgIpc) is 2.61. The molecular weight excluding hydrogens is 290 g/mol. The lowest BCUT2D eigenvalue weighted by Crippen LogP contribution is -2.02. The van der Waals surface area contributed by atoms with Gasteiger partial charge in [0.05, 0.1) is 0 Å². The molecule has 0 aliphatic carbocycles. The SMILES string of the molecule is c1ccc(SCc2ccc(CNc3ncccn3)cc2)cc1. The van der Waals surface area contributed by atoms with Crippen molar-refractivity contribution in [2.75, 3.05) is 5.32 Å². The molecule has 3 aromatic rings. The zero-order valence-electron chi connectivity index (χ0n) is 12.1. The topological polar surface area (TPSA) is 37.8 Å². The molecule has 0 aliphatic rings. The second-order valence-corrected chi connectivity index (χ2v) is 5.89. The number of rotatable bonds is 6. The molecule has 0 fully saturated rings. The molecule has 3 rings (SSSR count). The lowest BCUT2D eigenvalue weighted by atomic mass is 10.1. The second kappa shape index (κ2) is 7.61. The van der Waals surface area contributed by atoms with Crippen LogP contribution in [0.5, 0.6) is 0 Å². The first-order valence-corrected chi connectivity index (χ1v) is 8.15. The van der Waals surface area contributed by atoms with E-state index in [1.165, 1.54) is 16.0 Å². The van der Waals surface area contributed by atoms with E-state index >= 15 is 0 Å². The van der Waals surface area contributed by atoms with Crippen LogP contribution in [0.2, 0.25) is 0 Å². The predicted octanol–water partition coefficient (Wildman–Crippen LogP) is 4.38. The van der Waals surface area contributed by atoms with E-state index in [-0.39, 0.29) is 0 Å². The molecule has 1 aromatic heterocycles. The fourth-order valence-electron chi connectivity index (χ4n) is 2.01. The minimum absolute atomic E-state index is 0.659. The Balaban J connectivity index is 1.52. The minimum Gasteiger partial charge on any atom is -0.350 e. The summed E-state index contributed by atoms with van der Waals surface area (Å²) in [7, 11) is 0. The highest BCUT2D eigenvalue weighted by Crippen LogP contribution is 2.22. The van der Waals surface area contributed by atoms with E-state index in [2.05, 4.69) is 63.8 Å². The zero-order valence-corrected chi connectivity index (χ0v) is 13.0. The van der Waals surface area contributed by atoms with Gasteiger partial charge in [-0.2, -0.15) is 0 Å². The molecule has 110 valence electrons. The van der Waals surface area contributed by atoms with E-state index in [1.807, 2.05) is 23.9 Å². The van der Waals surface area contributed by atoms with Gasteiger partial charge in [-0.15, -0.1) is 11.8 Å². The number of hydrogen-bond acceptors (Lipinski definition) is 4. The first kappa shape index (κ1) is 14.6. The molecule has 22 heavy (non-hydrogen) atoms. The fourth-order valence-corrected chi connectivity index (χ4v) is 2.88. The lowest BCUT2D eigenvalue weighted by molar-refractivity contribution is 1.05. The smallest absolute Gasteiger partial charge is 0.222 e. The van der Waals surface area contributed by atoms with Crippen molar-refractivity contribution in [2.45, 2.75) is 17.2 Å².